The zero-order valence-electron chi connectivity index (χ0n) is 14.6. The molecule has 1 N–H and O–H groups in total. The molecule has 1 aromatic carbocycles. The van der Waals surface area contributed by atoms with Gasteiger partial charge in [0.05, 0.1) is 4.90 Å². The van der Waals surface area contributed by atoms with Crippen LogP contribution in [-0.4, -0.2) is 26.9 Å². The minimum Gasteiger partial charge on any atom is -0.312 e. The molecule has 0 spiro atoms. The van der Waals surface area contributed by atoms with Gasteiger partial charge in [0.15, 0.2) is 0 Å². The number of hydrogen-bond donors (Lipinski definition) is 1. The maximum Gasteiger partial charge on any atom is 0.240 e. The van der Waals surface area contributed by atoms with Gasteiger partial charge >= 0.3 is 0 Å². The van der Waals surface area contributed by atoms with Gasteiger partial charge in [-0.1, -0.05) is 6.42 Å². The highest BCUT2D eigenvalue weighted by atomic mass is 32.2. The van der Waals surface area contributed by atoms with Crippen LogP contribution in [0.3, 0.4) is 0 Å². The Morgan fingerprint density at radius 3 is 2.48 bits per heavy atom. The van der Waals surface area contributed by atoms with Gasteiger partial charge in [-0.3, -0.25) is 4.79 Å². The van der Waals surface area contributed by atoms with E-state index in [9.17, 15) is 13.2 Å². The Morgan fingerprint density at radius 2 is 1.92 bits per heavy atom. The molecule has 6 heteroatoms. The molecule has 1 aliphatic heterocycles. The van der Waals surface area contributed by atoms with E-state index in [1.807, 2.05) is 6.92 Å². The largest absolute Gasteiger partial charge is 0.312 e. The molecular weight excluding hydrogens is 336 g/mol. The number of carbonyl (C=O) groups is 1. The smallest absolute Gasteiger partial charge is 0.240 e. The topological polar surface area (TPSA) is 66.5 Å². The number of rotatable bonds is 5. The quantitative estimate of drug-likeness (QED) is 0.876. The average Bonchev–Trinajstić information content (AvgIpc) is 3.31. The molecule has 4 rings (SSSR count). The van der Waals surface area contributed by atoms with Gasteiger partial charge in [0.1, 0.15) is 0 Å². The molecule has 3 aliphatic rings. The number of nitrogens with one attached hydrogen (secondary N) is 1. The van der Waals surface area contributed by atoms with Gasteiger partial charge in [0.25, 0.3) is 0 Å². The van der Waals surface area contributed by atoms with Gasteiger partial charge < -0.3 is 4.90 Å². The Bertz CT molecular complexity index is 759. The van der Waals surface area contributed by atoms with Crippen LogP contribution in [-0.2, 0) is 14.8 Å². The van der Waals surface area contributed by atoms with Crippen molar-refractivity contribution in [3.8, 4) is 0 Å². The minimum atomic E-state index is -3.52. The molecule has 1 heterocycles. The third kappa shape index (κ3) is 3.22. The lowest BCUT2D eigenvalue weighted by Crippen LogP contribution is -2.40. The first-order chi connectivity index (χ1) is 11.9. The molecule has 2 bridgehead atoms. The van der Waals surface area contributed by atoms with Gasteiger partial charge in [-0.05, 0) is 74.6 Å². The van der Waals surface area contributed by atoms with Crippen LogP contribution in [0.15, 0.2) is 29.2 Å². The van der Waals surface area contributed by atoms with Crippen LogP contribution in [0.2, 0.25) is 0 Å². The van der Waals surface area contributed by atoms with Crippen LogP contribution in [0.1, 0.15) is 45.4 Å². The van der Waals surface area contributed by atoms with Gasteiger partial charge in [-0.2, -0.15) is 0 Å². The average molecular weight is 362 g/mol. The second-order valence-electron chi connectivity index (χ2n) is 7.89. The summed E-state index contributed by atoms with van der Waals surface area (Å²) in [4.78, 5) is 13.8. The van der Waals surface area contributed by atoms with Crippen molar-refractivity contribution in [2.45, 2.75) is 56.4 Å². The number of sulfonamides is 1. The number of anilines is 1. The van der Waals surface area contributed by atoms with E-state index in [0.29, 0.717) is 24.8 Å². The molecule has 136 valence electrons. The summed E-state index contributed by atoms with van der Waals surface area (Å²) in [6.07, 6.45) is 6.43. The maximum absolute atomic E-state index is 12.7. The van der Waals surface area contributed by atoms with E-state index in [-0.39, 0.29) is 16.8 Å². The van der Waals surface area contributed by atoms with E-state index in [1.54, 1.807) is 29.2 Å². The Morgan fingerprint density at radius 1 is 1.16 bits per heavy atom. The van der Waals surface area contributed by atoms with E-state index >= 15 is 0 Å². The van der Waals surface area contributed by atoms with Crippen molar-refractivity contribution in [3.05, 3.63) is 24.3 Å². The normalized spacial score (nSPS) is 30.2. The first-order valence-electron chi connectivity index (χ1n) is 9.37. The Kier molecular flexibility index (Phi) is 4.36. The highest BCUT2D eigenvalue weighted by Crippen LogP contribution is 2.49. The fourth-order valence-corrected chi connectivity index (χ4v) is 6.33. The van der Waals surface area contributed by atoms with Gasteiger partial charge in [-0.25, -0.2) is 13.1 Å². The summed E-state index contributed by atoms with van der Waals surface area (Å²) < 4.78 is 28.3. The number of hydrogen-bond acceptors (Lipinski definition) is 3. The van der Waals surface area contributed by atoms with Crippen LogP contribution < -0.4 is 9.62 Å². The molecular formula is C19H26N2O3S. The predicted molar refractivity (Wildman–Crippen MR) is 96.8 cm³/mol. The number of nitrogens with zero attached hydrogens (tertiary/aromatic N) is 1. The number of benzene rings is 1. The summed E-state index contributed by atoms with van der Waals surface area (Å²) in [5, 5.41) is 0. The Hall–Kier alpha value is -1.40. The fraction of sp³-hybridized carbons (Fsp3) is 0.632. The molecule has 2 aliphatic carbocycles. The van der Waals surface area contributed by atoms with E-state index in [2.05, 4.69) is 4.72 Å². The second kappa shape index (κ2) is 6.40. The second-order valence-corrected chi connectivity index (χ2v) is 9.61. The molecule has 0 radical (unpaired) electrons. The number of amides is 1. The monoisotopic (exact) mass is 362 g/mol. The summed E-state index contributed by atoms with van der Waals surface area (Å²) in [5.41, 5.74) is 0.780. The van der Waals surface area contributed by atoms with Crippen molar-refractivity contribution >= 4 is 21.6 Å². The number of fused-ring (bicyclic) bond motifs is 2. The highest BCUT2D eigenvalue weighted by molar-refractivity contribution is 7.89. The van der Waals surface area contributed by atoms with Crippen molar-refractivity contribution in [1.82, 2.24) is 4.72 Å². The van der Waals surface area contributed by atoms with Crippen molar-refractivity contribution < 1.29 is 13.2 Å². The van der Waals surface area contributed by atoms with Crippen LogP contribution in [0.25, 0.3) is 0 Å². The van der Waals surface area contributed by atoms with Crippen molar-refractivity contribution in [3.63, 3.8) is 0 Å². The molecule has 3 fully saturated rings. The first kappa shape index (κ1) is 17.0. The maximum atomic E-state index is 12.7. The van der Waals surface area contributed by atoms with Gasteiger partial charge in [-0.15, -0.1) is 0 Å². The zero-order chi connectivity index (χ0) is 17.6. The van der Waals surface area contributed by atoms with E-state index < -0.39 is 10.0 Å². The highest BCUT2D eigenvalue weighted by Gasteiger charge is 2.42. The third-order valence-corrected chi connectivity index (χ3v) is 7.88. The standard InChI is InChI=1S/C19H26N2O3S/c1-13(18-12-14-4-5-15(18)11-14)20-25(23,24)17-8-6-16(7-9-17)21-10-2-3-19(21)22/h6-9,13-15,18,20H,2-5,10-12H2,1H3. The molecule has 1 aromatic rings. The lowest BCUT2D eigenvalue weighted by atomic mass is 9.84. The molecule has 5 nitrogen and oxygen atoms in total. The lowest BCUT2D eigenvalue weighted by Gasteiger charge is -2.28. The summed E-state index contributed by atoms with van der Waals surface area (Å²) in [6, 6.07) is 6.66. The molecule has 25 heavy (non-hydrogen) atoms. The molecule has 0 aromatic heterocycles. The van der Waals surface area contributed by atoms with Crippen molar-refractivity contribution in [1.29, 1.82) is 0 Å². The molecule has 4 unspecified atom stereocenters. The zero-order valence-corrected chi connectivity index (χ0v) is 15.5. The minimum absolute atomic E-state index is 0.0277. The lowest BCUT2D eigenvalue weighted by molar-refractivity contribution is -0.117. The van der Waals surface area contributed by atoms with Gasteiger partial charge in [0, 0.05) is 24.7 Å². The van der Waals surface area contributed by atoms with Crippen LogP contribution >= 0.6 is 0 Å². The molecule has 2 saturated carbocycles. The van der Waals surface area contributed by atoms with E-state index in [0.717, 1.165) is 24.4 Å². The number of carbonyl (C=O) groups excluding carboxylic acids is 1. The van der Waals surface area contributed by atoms with E-state index in [4.69, 9.17) is 0 Å². The summed E-state index contributed by atoms with van der Waals surface area (Å²) in [6.45, 7) is 2.71. The van der Waals surface area contributed by atoms with Gasteiger partial charge in [0.2, 0.25) is 15.9 Å². The Balaban J connectivity index is 1.45. The molecule has 1 amide bonds. The third-order valence-electron chi connectivity index (χ3n) is 6.31. The van der Waals surface area contributed by atoms with Crippen LogP contribution in [0.4, 0.5) is 5.69 Å². The first-order valence-corrected chi connectivity index (χ1v) is 10.8. The molecule has 1 saturated heterocycles. The van der Waals surface area contributed by atoms with Crippen molar-refractivity contribution in [2.24, 2.45) is 17.8 Å². The van der Waals surface area contributed by atoms with E-state index in [1.165, 1.54) is 19.3 Å². The molecule has 4 atom stereocenters. The predicted octanol–water partition coefficient (Wildman–Crippen LogP) is 2.92. The fourth-order valence-electron chi connectivity index (χ4n) is 5.03. The SMILES string of the molecule is CC(NS(=O)(=O)c1ccc(N2CCCC2=O)cc1)C1CC2CCC1C2. The summed E-state index contributed by atoms with van der Waals surface area (Å²) in [7, 11) is -3.52. The summed E-state index contributed by atoms with van der Waals surface area (Å²) in [5.74, 6) is 2.07. The van der Waals surface area contributed by atoms with Crippen molar-refractivity contribution in [2.75, 3.05) is 11.4 Å². The Labute approximate surface area is 149 Å². The van der Waals surface area contributed by atoms with Crippen LogP contribution in [0.5, 0.6) is 0 Å². The summed E-state index contributed by atoms with van der Waals surface area (Å²) >= 11 is 0. The van der Waals surface area contributed by atoms with Crippen LogP contribution in [0, 0.1) is 17.8 Å².